The number of benzene rings is 2. The molecule has 0 radical (unpaired) electrons. The fourth-order valence-corrected chi connectivity index (χ4v) is 1.86. The average molecular weight is 237 g/mol. The van der Waals surface area contributed by atoms with Gasteiger partial charge in [-0.05, 0) is 25.5 Å². The van der Waals surface area contributed by atoms with Crippen molar-refractivity contribution in [3.63, 3.8) is 0 Å². The normalized spacial score (nSPS) is 11.6. The SMILES string of the molecule is Cc1ccc(O[C@@H](C#N)c2ccccc2)c(C)c1. The van der Waals surface area contributed by atoms with Gasteiger partial charge in [-0.25, -0.2) is 0 Å². The van der Waals surface area contributed by atoms with Crippen LogP contribution < -0.4 is 4.74 Å². The highest BCUT2D eigenvalue weighted by Gasteiger charge is 2.12. The molecule has 1 atom stereocenters. The van der Waals surface area contributed by atoms with Crippen molar-refractivity contribution in [3.8, 4) is 11.8 Å². The van der Waals surface area contributed by atoms with E-state index in [0.717, 1.165) is 16.9 Å². The smallest absolute Gasteiger partial charge is 0.209 e. The Balaban J connectivity index is 2.24. The van der Waals surface area contributed by atoms with Gasteiger partial charge in [0.2, 0.25) is 6.10 Å². The zero-order valence-corrected chi connectivity index (χ0v) is 10.6. The van der Waals surface area contributed by atoms with E-state index in [4.69, 9.17) is 4.74 Å². The van der Waals surface area contributed by atoms with Gasteiger partial charge in [0.15, 0.2) is 0 Å². The molecular weight excluding hydrogens is 222 g/mol. The summed E-state index contributed by atoms with van der Waals surface area (Å²) in [6.45, 7) is 4.03. The highest BCUT2D eigenvalue weighted by molar-refractivity contribution is 5.37. The van der Waals surface area contributed by atoms with E-state index in [-0.39, 0.29) is 0 Å². The van der Waals surface area contributed by atoms with Crippen LogP contribution in [-0.2, 0) is 0 Å². The van der Waals surface area contributed by atoms with Crippen LogP contribution >= 0.6 is 0 Å². The Morgan fingerprint density at radius 3 is 2.39 bits per heavy atom. The molecule has 0 aliphatic carbocycles. The van der Waals surface area contributed by atoms with E-state index in [1.54, 1.807) is 0 Å². The third-order valence-electron chi connectivity index (χ3n) is 2.79. The third-order valence-corrected chi connectivity index (χ3v) is 2.79. The van der Waals surface area contributed by atoms with Gasteiger partial charge in [-0.15, -0.1) is 0 Å². The topological polar surface area (TPSA) is 33.0 Å². The second-order valence-corrected chi connectivity index (χ2v) is 4.31. The van der Waals surface area contributed by atoms with Crippen molar-refractivity contribution in [2.75, 3.05) is 0 Å². The lowest BCUT2D eigenvalue weighted by atomic mass is 10.1. The summed E-state index contributed by atoms with van der Waals surface area (Å²) in [5.41, 5.74) is 3.11. The molecule has 0 aromatic heterocycles. The molecule has 2 nitrogen and oxygen atoms in total. The lowest BCUT2D eigenvalue weighted by Crippen LogP contribution is -2.05. The molecule has 0 saturated carbocycles. The summed E-state index contributed by atoms with van der Waals surface area (Å²) in [4.78, 5) is 0. The van der Waals surface area contributed by atoms with Crippen molar-refractivity contribution in [2.45, 2.75) is 20.0 Å². The monoisotopic (exact) mass is 237 g/mol. The molecule has 18 heavy (non-hydrogen) atoms. The van der Waals surface area contributed by atoms with Gasteiger partial charge in [-0.2, -0.15) is 5.26 Å². The second kappa shape index (κ2) is 5.37. The summed E-state index contributed by atoms with van der Waals surface area (Å²) in [6, 6.07) is 17.7. The van der Waals surface area contributed by atoms with E-state index in [0.29, 0.717) is 0 Å². The van der Waals surface area contributed by atoms with Crippen molar-refractivity contribution < 1.29 is 4.74 Å². The van der Waals surface area contributed by atoms with Crippen LogP contribution in [0.4, 0.5) is 0 Å². The average Bonchev–Trinajstić information content (AvgIpc) is 2.39. The first-order valence-electron chi connectivity index (χ1n) is 5.89. The first-order valence-corrected chi connectivity index (χ1v) is 5.89. The highest BCUT2D eigenvalue weighted by atomic mass is 16.5. The number of rotatable bonds is 3. The molecule has 0 bridgehead atoms. The number of aryl methyl sites for hydroxylation is 2. The quantitative estimate of drug-likeness (QED) is 0.809. The summed E-state index contributed by atoms with van der Waals surface area (Å²) in [7, 11) is 0. The Kier molecular flexibility index (Phi) is 3.64. The molecule has 90 valence electrons. The van der Waals surface area contributed by atoms with Gasteiger partial charge in [0.1, 0.15) is 11.8 Å². The number of ether oxygens (including phenoxy) is 1. The highest BCUT2D eigenvalue weighted by Crippen LogP contribution is 2.25. The predicted molar refractivity (Wildman–Crippen MR) is 71.3 cm³/mol. The van der Waals surface area contributed by atoms with Crippen LogP contribution in [0.1, 0.15) is 22.8 Å². The Morgan fingerprint density at radius 2 is 1.78 bits per heavy atom. The van der Waals surface area contributed by atoms with E-state index >= 15 is 0 Å². The number of nitriles is 1. The van der Waals surface area contributed by atoms with Gasteiger partial charge in [0.25, 0.3) is 0 Å². The predicted octanol–water partition coefficient (Wildman–Crippen LogP) is 3.95. The molecule has 0 fully saturated rings. The molecule has 2 heteroatoms. The van der Waals surface area contributed by atoms with Crippen LogP contribution in [0.5, 0.6) is 5.75 Å². The molecule has 0 N–H and O–H groups in total. The van der Waals surface area contributed by atoms with Crippen LogP contribution in [0.3, 0.4) is 0 Å². The van der Waals surface area contributed by atoms with E-state index in [1.165, 1.54) is 5.56 Å². The molecule has 0 aliphatic heterocycles. The zero-order chi connectivity index (χ0) is 13.0. The van der Waals surface area contributed by atoms with Crippen molar-refractivity contribution in [1.29, 1.82) is 5.26 Å². The minimum atomic E-state index is -0.562. The fourth-order valence-electron chi connectivity index (χ4n) is 1.86. The summed E-state index contributed by atoms with van der Waals surface area (Å²) in [5.74, 6) is 0.760. The summed E-state index contributed by atoms with van der Waals surface area (Å²) >= 11 is 0. The molecule has 0 heterocycles. The second-order valence-electron chi connectivity index (χ2n) is 4.31. The molecule has 0 aliphatic rings. The molecular formula is C16H15NO. The molecule has 0 amide bonds. The van der Waals surface area contributed by atoms with Crippen LogP contribution in [0.15, 0.2) is 48.5 Å². The summed E-state index contributed by atoms with van der Waals surface area (Å²) < 4.78 is 5.77. The Morgan fingerprint density at radius 1 is 1.06 bits per heavy atom. The zero-order valence-electron chi connectivity index (χ0n) is 10.6. The third kappa shape index (κ3) is 2.70. The van der Waals surface area contributed by atoms with Gasteiger partial charge < -0.3 is 4.74 Å². The van der Waals surface area contributed by atoms with Crippen LogP contribution in [0.2, 0.25) is 0 Å². The minimum absolute atomic E-state index is 0.562. The number of hydrogen-bond acceptors (Lipinski definition) is 2. The first kappa shape index (κ1) is 12.2. The van der Waals surface area contributed by atoms with E-state index in [2.05, 4.69) is 12.1 Å². The van der Waals surface area contributed by atoms with Crippen molar-refractivity contribution in [3.05, 3.63) is 65.2 Å². The van der Waals surface area contributed by atoms with Gasteiger partial charge >= 0.3 is 0 Å². The number of hydrogen-bond donors (Lipinski definition) is 0. The molecule has 2 rings (SSSR count). The van der Waals surface area contributed by atoms with E-state index in [9.17, 15) is 5.26 Å². The maximum Gasteiger partial charge on any atom is 0.209 e. The Labute approximate surface area is 107 Å². The summed E-state index contributed by atoms with van der Waals surface area (Å²) in [5, 5.41) is 9.21. The summed E-state index contributed by atoms with van der Waals surface area (Å²) in [6.07, 6.45) is -0.562. The van der Waals surface area contributed by atoms with Crippen molar-refractivity contribution >= 4 is 0 Å². The van der Waals surface area contributed by atoms with Gasteiger partial charge in [-0.1, -0.05) is 48.0 Å². The van der Waals surface area contributed by atoms with Gasteiger partial charge in [-0.3, -0.25) is 0 Å². The maximum atomic E-state index is 9.21. The van der Waals surface area contributed by atoms with Crippen molar-refractivity contribution in [1.82, 2.24) is 0 Å². The standard InChI is InChI=1S/C16H15NO/c1-12-8-9-15(13(2)10-12)18-16(11-17)14-6-4-3-5-7-14/h3-10,16H,1-2H3/t16-/m0/s1. The molecule has 0 spiro atoms. The maximum absolute atomic E-state index is 9.21. The minimum Gasteiger partial charge on any atom is -0.470 e. The Bertz CT molecular complexity index is 569. The largest absolute Gasteiger partial charge is 0.470 e. The van der Waals surface area contributed by atoms with Gasteiger partial charge in [0, 0.05) is 5.56 Å². The molecule has 0 unspecified atom stereocenters. The lowest BCUT2D eigenvalue weighted by Gasteiger charge is -2.14. The van der Waals surface area contributed by atoms with Gasteiger partial charge in [0.05, 0.1) is 0 Å². The number of nitrogens with zero attached hydrogens (tertiary/aromatic N) is 1. The molecule has 2 aromatic rings. The first-order chi connectivity index (χ1) is 8.70. The Hall–Kier alpha value is -2.27. The van der Waals surface area contributed by atoms with E-state index in [1.807, 2.05) is 56.3 Å². The molecule has 2 aromatic carbocycles. The fraction of sp³-hybridized carbons (Fsp3) is 0.188. The van der Waals surface area contributed by atoms with Crippen LogP contribution in [0, 0.1) is 25.2 Å². The molecule has 0 saturated heterocycles. The lowest BCUT2D eigenvalue weighted by molar-refractivity contribution is 0.260. The van der Waals surface area contributed by atoms with Crippen LogP contribution in [-0.4, -0.2) is 0 Å². The van der Waals surface area contributed by atoms with Crippen LogP contribution in [0.25, 0.3) is 0 Å². The van der Waals surface area contributed by atoms with Crippen molar-refractivity contribution in [2.24, 2.45) is 0 Å². The van der Waals surface area contributed by atoms with E-state index < -0.39 is 6.10 Å².